The zero-order chi connectivity index (χ0) is 23.6. The van der Waals surface area contributed by atoms with Crippen molar-refractivity contribution in [3.8, 4) is 5.75 Å². The molecular formula is C24H27ClF3N3O2. The fourth-order valence-electron chi connectivity index (χ4n) is 4.63. The van der Waals surface area contributed by atoms with E-state index in [1.807, 2.05) is 4.90 Å². The summed E-state index contributed by atoms with van der Waals surface area (Å²) < 4.78 is 45.9. The molecule has 2 aromatic rings. The second-order valence-corrected chi connectivity index (χ2v) is 8.94. The molecule has 0 unspecified atom stereocenters. The number of carbonyl (C=O) groups excluding carboxylic acids is 1. The summed E-state index contributed by atoms with van der Waals surface area (Å²) in [4.78, 5) is 17.3. The van der Waals surface area contributed by atoms with Gasteiger partial charge in [0.05, 0.1) is 17.7 Å². The molecule has 2 heterocycles. The van der Waals surface area contributed by atoms with Gasteiger partial charge in [0.1, 0.15) is 5.75 Å². The molecule has 178 valence electrons. The molecule has 0 spiro atoms. The largest absolute Gasteiger partial charge is 0.495 e. The standard InChI is InChI=1S/C24H27ClF3N3O2/c1-33-22-5-4-18(15-21(22)25)29-23(32)16-12-17(24(26,27)28)14-20(13-16)31-10-6-19(7-11-31)30-8-2-3-9-30/h4-5,12-15,19H,2-3,6-11H2,1H3,(H,29,32). The lowest BCUT2D eigenvalue weighted by Gasteiger charge is -2.38. The molecule has 0 atom stereocenters. The number of hydrogen-bond donors (Lipinski definition) is 1. The lowest BCUT2D eigenvalue weighted by atomic mass is 10.0. The zero-order valence-electron chi connectivity index (χ0n) is 18.4. The highest BCUT2D eigenvalue weighted by Gasteiger charge is 2.33. The summed E-state index contributed by atoms with van der Waals surface area (Å²) in [6.07, 6.45) is -0.315. The number of methoxy groups -OCH3 is 1. The van der Waals surface area contributed by atoms with Gasteiger partial charge in [0.15, 0.2) is 0 Å². The molecule has 5 nitrogen and oxygen atoms in total. The van der Waals surface area contributed by atoms with Crippen LogP contribution < -0.4 is 15.0 Å². The Bertz CT molecular complexity index is 1000. The third-order valence-corrected chi connectivity index (χ3v) is 6.70. The van der Waals surface area contributed by atoms with Crippen LogP contribution in [0.3, 0.4) is 0 Å². The summed E-state index contributed by atoms with van der Waals surface area (Å²) in [5.41, 5.74) is -0.0909. The Labute approximate surface area is 196 Å². The number of alkyl halides is 3. The molecule has 0 radical (unpaired) electrons. The van der Waals surface area contributed by atoms with E-state index >= 15 is 0 Å². The summed E-state index contributed by atoms with van der Waals surface area (Å²) in [5, 5.41) is 2.92. The van der Waals surface area contributed by atoms with E-state index in [-0.39, 0.29) is 5.56 Å². The first-order valence-electron chi connectivity index (χ1n) is 11.1. The Morgan fingerprint density at radius 1 is 1.06 bits per heavy atom. The van der Waals surface area contributed by atoms with Gasteiger partial charge in [-0.1, -0.05) is 11.6 Å². The molecule has 33 heavy (non-hydrogen) atoms. The summed E-state index contributed by atoms with van der Waals surface area (Å²) >= 11 is 6.09. The maximum Gasteiger partial charge on any atom is 0.416 e. The Morgan fingerprint density at radius 3 is 2.36 bits per heavy atom. The van der Waals surface area contributed by atoms with Crippen molar-refractivity contribution in [1.82, 2.24) is 4.90 Å². The van der Waals surface area contributed by atoms with Gasteiger partial charge in [0, 0.05) is 36.1 Å². The number of halogens is 4. The van der Waals surface area contributed by atoms with Gasteiger partial charge in [-0.3, -0.25) is 4.79 Å². The number of benzene rings is 2. The molecule has 2 fully saturated rings. The molecule has 2 aliphatic heterocycles. The normalized spacial score (nSPS) is 17.9. The average Bonchev–Trinajstić information content (AvgIpc) is 3.33. The first-order valence-corrected chi connectivity index (χ1v) is 11.5. The van der Waals surface area contributed by atoms with Crippen LogP contribution in [0.2, 0.25) is 5.02 Å². The number of likely N-dealkylation sites (tertiary alicyclic amines) is 1. The fraction of sp³-hybridized carbons (Fsp3) is 0.458. The van der Waals surface area contributed by atoms with Crippen LogP contribution >= 0.6 is 11.6 Å². The van der Waals surface area contributed by atoms with Crippen LogP contribution in [0.15, 0.2) is 36.4 Å². The van der Waals surface area contributed by atoms with Gasteiger partial charge in [-0.05, 0) is 75.2 Å². The molecule has 0 saturated carbocycles. The monoisotopic (exact) mass is 481 g/mol. The van der Waals surface area contributed by atoms with Crippen LogP contribution in [0.5, 0.6) is 5.75 Å². The fourth-order valence-corrected chi connectivity index (χ4v) is 4.89. The lowest BCUT2D eigenvalue weighted by Crippen LogP contribution is -2.44. The Hall–Kier alpha value is -2.45. The van der Waals surface area contributed by atoms with E-state index in [1.54, 1.807) is 12.1 Å². The van der Waals surface area contributed by atoms with E-state index in [2.05, 4.69) is 10.2 Å². The van der Waals surface area contributed by atoms with Crippen molar-refractivity contribution < 1.29 is 22.7 Å². The van der Waals surface area contributed by atoms with Crippen molar-refractivity contribution >= 4 is 28.9 Å². The van der Waals surface area contributed by atoms with Crippen LogP contribution in [0, 0.1) is 0 Å². The van der Waals surface area contributed by atoms with Gasteiger partial charge >= 0.3 is 6.18 Å². The first kappa shape index (κ1) is 23.7. The Kier molecular flexibility index (Phi) is 7.05. The summed E-state index contributed by atoms with van der Waals surface area (Å²) in [6, 6.07) is 8.71. The van der Waals surface area contributed by atoms with Gasteiger partial charge in [0.25, 0.3) is 5.91 Å². The minimum absolute atomic E-state index is 0.0477. The zero-order valence-corrected chi connectivity index (χ0v) is 19.2. The average molecular weight is 482 g/mol. The maximum absolute atomic E-state index is 13.6. The smallest absolute Gasteiger partial charge is 0.416 e. The molecule has 2 aromatic carbocycles. The molecule has 2 saturated heterocycles. The van der Waals surface area contributed by atoms with Crippen LogP contribution in [-0.4, -0.2) is 50.1 Å². The van der Waals surface area contributed by atoms with Crippen LogP contribution in [0.1, 0.15) is 41.6 Å². The summed E-state index contributed by atoms with van der Waals surface area (Å²) in [5.74, 6) is -0.191. The maximum atomic E-state index is 13.6. The molecule has 0 aliphatic carbocycles. The van der Waals surface area contributed by atoms with Crippen molar-refractivity contribution in [2.24, 2.45) is 0 Å². The number of carbonyl (C=O) groups is 1. The predicted octanol–water partition coefficient (Wildman–Crippen LogP) is 5.68. The van der Waals surface area contributed by atoms with Crippen LogP contribution in [-0.2, 0) is 6.18 Å². The summed E-state index contributed by atoms with van der Waals surface area (Å²) in [7, 11) is 1.47. The minimum Gasteiger partial charge on any atom is -0.495 e. The van der Waals surface area contributed by atoms with E-state index < -0.39 is 17.6 Å². The van der Waals surface area contributed by atoms with E-state index in [0.29, 0.717) is 41.3 Å². The van der Waals surface area contributed by atoms with Crippen molar-refractivity contribution in [3.05, 3.63) is 52.5 Å². The highest BCUT2D eigenvalue weighted by molar-refractivity contribution is 6.32. The molecule has 2 aliphatic rings. The molecule has 9 heteroatoms. The van der Waals surface area contributed by atoms with Crippen molar-refractivity contribution in [1.29, 1.82) is 0 Å². The Morgan fingerprint density at radius 2 is 1.76 bits per heavy atom. The van der Waals surface area contributed by atoms with Gasteiger partial charge in [-0.25, -0.2) is 0 Å². The lowest BCUT2D eigenvalue weighted by molar-refractivity contribution is -0.137. The highest BCUT2D eigenvalue weighted by Crippen LogP contribution is 2.35. The number of nitrogens with one attached hydrogen (secondary N) is 1. The van der Waals surface area contributed by atoms with Crippen molar-refractivity contribution in [2.75, 3.05) is 43.5 Å². The molecule has 0 aromatic heterocycles. The molecule has 1 amide bonds. The molecule has 4 rings (SSSR count). The predicted molar refractivity (Wildman–Crippen MR) is 123 cm³/mol. The third-order valence-electron chi connectivity index (χ3n) is 6.40. The molecular weight excluding hydrogens is 455 g/mol. The molecule has 1 N–H and O–H groups in total. The number of anilines is 2. The van der Waals surface area contributed by atoms with E-state index in [4.69, 9.17) is 16.3 Å². The number of ether oxygens (including phenoxy) is 1. The van der Waals surface area contributed by atoms with E-state index in [9.17, 15) is 18.0 Å². The van der Waals surface area contributed by atoms with Gasteiger partial charge < -0.3 is 19.9 Å². The number of amides is 1. The third kappa shape index (κ3) is 5.55. The van der Waals surface area contributed by atoms with Crippen LogP contribution in [0.25, 0.3) is 0 Å². The van der Waals surface area contributed by atoms with Gasteiger partial charge in [-0.2, -0.15) is 13.2 Å². The quantitative estimate of drug-likeness (QED) is 0.596. The van der Waals surface area contributed by atoms with E-state index in [1.165, 1.54) is 32.1 Å². The van der Waals surface area contributed by atoms with Crippen molar-refractivity contribution in [3.63, 3.8) is 0 Å². The van der Waals surface area contributed by atoms with Crippen molar-refractivity contribution in [2.45, 2.75) is 37.9 Å². The Balaban J connectivity index is 1.54. The first-order chi connectivity index (χ1) is 15.7. The SMILES string of the molecule is COc1ccc(NC(=O)c2cc(N3CCC(N4CCCC4)CC3)cc(C(F)(F)F)c2)cc1Cl. The second kappa shape index (κ2) is 9.81. The van der Waals surface area contributed by atoms with Gasteiger partial charge in [0.2, 0.25) is 0 Å². The number of rotatable bonds is 5. The minimum atomic E-state index is -4.55. The van der Waals surface area contributed by atoms with Crippen LogP contribution in [0.4, 0.5) is 24.5 Å². The molecule has 0 bridgehead atoms. The number of piperidine rings is 1. The van der Waals surface area contributed by atoms with E-state index in [0.717, 1.165) is 38.1 Å². The second-order valence-electron chi connectivity index (χ2n) is 8.53. The summed E-state index contributed by atoms with van der Waals surface area (Å²) in [6.45, 7) is 3.54. The topological polar surface area (TPSA) is 44.8 Å². The number of hydrogen-bond acceptors (Lipinski definition) is 4. The van der Waals surface area contributed by atoms with Gasteiger partial charge in [-0.15, -0.1) is 0 Å². The number of nitrogens with zero attached hydrogens (tertiary/aromatic N) is 2. The highest BCUT2D eigenvalue weighted by atomic mass is 35.5.